The highest BCUT2D eigenvalue weighted by atomic mass is 16.4. The molecule has 0 saturated carbocycles. The molecule has 104 valence electrons. The SMILES string of the molecule is CCc1cccc(C)c1NC(=O)NC[C@H](O)C(=O)O. The van der Waals surface area contributed by atoms with Gasteiger partial charge in [-0.1, -0.05) is 25.1 Å². The summed E-state index contributed by atoms with van der Waals surface area (Å²) in [6, 6.07) is 5.16. The molecule has 1 rings (SSSR count). The van der Waals surface area contributed by atoms with Gasteiger partial charge in [-0.3, -0.25) is 0 Å². The van der Waals surface area contributed by atoms with Gasteiger partial charge in [0.2, 0.25) is 0 Å². The third kappa shape index (κ3) is 4.26. The number of carboxylic acids is 1. The number of carbonyl (C=O) groups excluding carboxylic acids is 1. The number of hydrogen-bond donors (Lipinski definition) is 4. The first kappa shape index (κ1) is 15.0. The molecule has 1 atom stereocenters. The van der Waals surface area contributed by atoms with Crippen LogP contribution in [0.2, 0.25) is 0 Å². The summed E-state index contributed by atoms with van der Waals surface area (Å²) in [7, 11) is 0. The molecule has 1 aromatic rings. The Kier molecular flexibility index (Phi) is 5.32. The zero-order chi connectivity index (χ0) is 14.4. The number of carboxylic acid groups (broad SMARTS) is 1. The molecule has 0 bridgehead atoms. The molecule has 0 heterocycles. The molecule has 0 aliphatic rings. The van der Waals surface area contributed by atoms with Crippen LogP contribution < -0.4 is 10.6 Å². The van der Waals surface area contributed by atoms with E-state index in [0.29, 0.717) is 5.69 Å². The van der Waals surface area contributed by atoms with Gasteiger partial charge in [0.1, 0.15) is 0 Å². The second kappa shape index (κ2) is 6.75. The number of aliphatic hydroxyl groups excluding tert-OH is 1. The second-order valence-electron chi connectivity index (χ2n) is 4.15. The molecule has 6 nitrogen and oxygen atoms in total. The fourth-order valence-corrected chi connectivity index (χ4v) is 1.64. The van der Waals surface area contributed by atoms with E-state index in [9.17, 15) is 9.59 Å². The van der Waals surface area contributed by atoms with Crippen molar-refractivity contribution in [1.29, 1.82) is 0 Å². The summed E-state index contributed by atoms with van der Waals surface area (Å²) < 4.78 is 0. The Bertz CT molecular complexity index is 474. The predicted molar refractivity (Wildman–Crippen MR) is 71.2 cm³/mol. The molecule has 0 radical (unpaired) electrons. The van der Waals surface area contributed by atoms with Crippen molar-refractivity contribution >= 4 is 17.7 Å². The summed E-state index contributed by atoms with van der Waals surface area (Å²) in [5.41, 5.74) is 2.63. The first-order valence-corrected chi connectivity index (χ1v) is 6.00. The number of para-hydroxylation sites is 1. The fraction of sp³-hybridized carbons (Fsp3) is 0.385. The first-order chi connectivity index (χ1) is 8.95. The predicted octanol–water partition coefficient (Wildman–Crippen LogP) is 1.12. The van der Waals surface area contributed by atoms with Gasteiger partial charge in [0, 0.05) is 5.69 Å². The largest absolute Gasteiger partial charge is 0.479 e. The van der Waals surface area contributed by atoms with E-state index in [2.05, 4.69) is 10.6 Å². The van der Waals surface area contributed by atoms with Crippen molar-refractivity contribution in [3.63, 3.8) is 0 Å². The van der Waals surface area contributed by atoms with E-state index in [1.165, 1.54) is 0 Å². The average molecular weight is 266 g/mol. The summed E-state index contributed by atoms with van der Waals surface area (Å²) in [5, 5.41) is 22.5. The molecule has 0 spiro atoms. The van der Waals surface area contributed by atoms with Crippen LogP contribution in [0.5, 0.6) is 0 Å². The van der Waals surface area contributed by atoms with Gasteiger partial charge in [-0.25, -0.2) is 9.59 Å². The van der Waals surface area contributed by atoms with Crippen LogP contribution in [-0.4, -0.2) is 34.9 Å². The van der Waals surface area contributed by atoms with E-state index in [1.807, 2.05) is 32.0 Å². The number of nitrogens with one attached hydrogen (secondary N) is 2. The molecule has 6 heteroatoms. The fourth-order valence-electron chi connectivity index (χ4n) is 1.64. The zero-order valence-corrected chi connectivity index (χ0v) is 10.9. The number of aliphatic hydroxyl groups is 1. The van der Waals surface area contributed by atoms with Crippen molar-refractivity contribution in [2.45, 2.75) is 26.4 Å². The van der Waals surface area contributed by atoms with Crippen LogP contribution in [0.4, 0.5) is 10.5 Å². The Balaban J connectivity index is 2.65. The van der Waals surface area contributed by atoms with E-state index in [4.69, 9.17) is 10.2 Å². The highest BCUT2D eigenvalue weighted by Crippen LogP contribution is 2.20. The molecule has 4 N–H and O–H groups in total. The molecule has 1 aromatic carbocycles. The maximum atomic E-state index is 11.6. The van der Waals surface area contributed by atoms with E-state index < -0.39 is 18.1 Å². The van der Waals surface area contributed by atoms with Crippen LogP contribution in [0.3, 0.4) is 0 Å². The minimum Gasteiger partial charge on any atom is -0.479 e. The van der Waals surface area contributed by atoms with Crippen LogP contribution in [0.25, 0.3) is 0 Å². The van der Waals surface area contributed by atoms with Gasteiger partial charge < -0.3 is 20.8 Å². The Morgan fingerprint density at radius 2 is 2.05 bits per heavy atom. The molecule has 2 amide bonds. The lowest BCUT2D eigenvalue weighted by Crippen LogP contribution is -2.38. The van der Waals surface area contributed by atoms with Crippen molar-refractivity contribution in [1.82, 2.24) is 5.32 Å². The van der Waals surface area contributed by atoms with E-state index >= 15 is 0 Å². The van der Waals surface area contributed by atoms with Crippen molar-refractivity contribution < 1.29 is 19.8 Å². The molecule has 0 aliphatic heterocycles. The topological polar surface area (TPSA) is 98.7 Å². The number of carbonyl (C=O) groups is 2. The molecule has 19 heavy (non-hydrogen) atoms. The highest BCUT2D eigenvalue weighted by Gasteiger charge is 2.14. The summed E-state index contributed by atoms with van der Waals surface area (Å²) in [6.07, 6.45) is -0.831. The molecular weight excluding hydrogens is 248 g/mol. The van der Waals surface area contributed by atoms with Crippen molar-refractivity contribution in [3.05, 3.63) is 29.3 Å². The van der Waals surface area contributed by atoms with Gasteiger partial charge in [0.25, 0.3) is 0 Å². The number of benzene rings is 1. The summed E-state index contributed by atoms with van der Waals surface area (Å²) in [4.78, 5) is 22.0. The Hall–Kier alpha value is -2.08. The number of aliphatic carboxylic acids is 1. The third-order valence-corrected chi connectivity index (χ3v) is 2.72. The van der Waals surface area contributed by atoms with Crippen LogP contribution in [0.15, 0.2) is 18.2 Å². The van der Waals surface area contributed by atoms with Gasteiger partial charge in [-0.05, 0) is 24.5 Å². The Labute approximate surface area is 111 Å². The Morgan fingerprint density at radius 3 is 2.63 bits per heavy atom. The standard InChI is InChI=1S/C13H18N2O4/c1-3-9-6-4-5-8(2)11(9)15-13(19)14-7-10(16)12(17)18/h4-6,10,16H,3,7H2,1-2H3,(H,17,18)(H2,14,15,19)/t10-/m0/s1. The quantitative estimate of drug-likeness (QED) is 0.642. The molecular formula is C13H18N2O4. The minimum absolute atomic E-state index is 0.339. The first-order valence-electron chi connectivity index (χ1n) is 6.00. The van der Waals surface area contributed by atoms with Gasteiger partial charge in [-0.2, -0.15) is 0 Å². The lowest BCUT2D eigenvalue weighted by atomic mass is 10.1. The number of aryl methyl sites for hydroxylation is 2. The Morgan fingerprint density at radius 1 is 1.37 bits per heavy atom. The van der Waals surface area contributed by atoms with Crippen LogP contribution >= 0.6 is 0 Å². The van der Waals surface area contributed by atoms with Gasteiger partial charge >= 0.3 is 12.0 Å². The third-order valence-electron chi connectivity index (χ3n) is 2.72. The number of hydrogen-bond acceptors (Lipinski definition) is 3. The lowest BCUT2D eigenvalue weighted by Gasteiger charge is -2.14. The smallest absolute Gasteiger partial charge is 0.334 e. The normalized spacial score (nSPS) is 11.7. The minimum atomic E-state index is -1.60. The summed E-state index contributed by atoms with van der Waals surface area (Å²) in [5.74, 6) is -1.37. The number of urea groups is 1. The maximum absolute atomic E-state index is 11.6. The van der Waals surface area contributed by atoms with Crippen LogP contribution in [0, 0.1) is 6.92 Å². The monoisotopic (exact) mass is 266 g/mol. The molecule has 0 aliphatic carbocycles. The van der Waals surface area contributed by atoms with Crippen LogP contribution in [-0.2, 0) is 11.2 Å². The van der Waals surface area contributed by atoms with Crippen LogP contribution in [0.1, 0.15) is 18.1 Å². The number of anilines is 1. The molecule has 0 unspecified atom stereocenters. The van der Waals surface area contributed by atoms with Gasteiger partial charge in [-0.15, -0.1) is 0 Å². The lowest BCUT2D eigenvalue weighted by molar-refractivity contribution is -0.146. The van der Waals surface area contributed by atoms with E-state index in [1.54, 1.807) is 0 Å². The number of amides is 2. The maximum Gasteiger partial charge on any atom is 0.334 e. The van der Waals surface area contributed by atoms with Gasteiger partial charge in [0.05, 0.1) is 6.54 Å². The van der Waals surface area contributed by atoms with Crippen molar-refractivity contribution in [2.24, 2.45) is 0 Å². The van der Waals surface area contributed by atoms with E-state index in [-0.39, 0.29) is 6.54 Å². The van der Waals surface area contributed by atoms with E-state index in [0.717, 1.165) is 17.5 Å². The molecule has 0 fully saturated rings. The van der Waals surface area contributed by atoms with Crippen molar-refractivity contribution in [2.75, 3.05) is 11.9 Å². The highest BCUT2D eigenvalue weighted by molar-refractivity contribution is 5.91. The van der Waals surface area contributed by atoms with Gasteiger partial charge in [0.15, 0.2) is 6.10 Å². The second-order valence-corrected chi connectivity index (χ2v) is 4.15. The summed E-state index contributed by atoms with van der Waals surface area (Å²) in [6.45, 7) is 3.52. The average Bonchev–Trinajstić information content (AvgIpc) is 2.38. The molecule has 0 saturated heterocycles. The zero-order valence-electron chi connectivity index (χ0n) is 10.9. The summed E-state index contributed by atoms with van der Waals surface area (Å²) >= 11 is 0. The number of rotatable bonds is 5. The van der Waals surface area contributed by atoms with Crippen molar-refractivity contribution in [3.8, 4) is 0 Å². The molecule has 0 aromatic heterocycles.